The quantitative estimate of drug-likeness (QED) is 0.458. The van der Waals surface area contributed by atoms with Gasteiger partial charge in [-0.3, -0.25) is 9.78 Å². The first-order valence-electron chi connectivity index (χ1n) is 8.39. The Morgan fingerprint density at radius 1 is 1.25 bits per heavy atom. The van der Waals surface area contributed by atoms with Gasteiger partial charge in [0, 0.05) is 32.3 Å². The number of rotatable bonds is 5. The number of anilines is 1. The van der Waals surface area contributed by atoms with Crippen LogP contribution in [0.25, 0.3) is 11.1 Å². The van der Waals surface area contributed by atoms with Crippen molar-refractivity contribution in [1.82, 2.24) is 4.98 Å². The summed E-state index contributed by atoms with van der Waals surface area (Å²) in [7, 11) is 0. The van der Waals surface area contributed by atoms with Gasteiger partial charge in [-0.15, -0.1) is 11.3 Å². The van der Waals surface area contributed by atoms with Crippen molar-refractivity contribution in [1.29, 1.82) is 0 Å². The lowest BCUT2D eigenvalue weighted by atomic mass is 10.0. The Labute approximate surface area is 179 Å². The second-order valence-electron chi connectivity index (χ2n) is 5.81. The first-order valence-corrected chi connectivity index (χ1v) is 10.4. The zero-order valence-electron chi connectivity index (χ0n) is 15.1. The molecule has 2 heterocycles. The van der Waals surface area contributed by atoms with Gasteiger partial charge in [0.2, 0.25) is 0 Å². The number of esters is 1. The van der Waals surface area contributed by atoms with E-state index < -0.39 is 5.97 Å². The van der Waals surface area contributed by atoms with Gasteiger partial charge in [0.15, 0.2) is 0 Å². The van der Waals surface area contributed by atoms with Crippen LogP contribution < -0.4 is 5.32 Å². The number of amides is 1. The van der Waals surface area contributed by atoms with Gasteiger partial charge in [-0.05, 0) is 53.5 Å². The molecular formula is C20H16BrClN2O3S. The van der Waals surface area contributed by atoms with E-state index in [0.717, 1.165) is 16.0 Å². The number of thiophene rings is 1. The van der Waals surface area contributed by atoms with E-state index in [1.165, 1.54) is 17.5 Å². The molecule has 0 atom stereocenters. The number of nitrogens with one attached hydrogen (secondary N) is 1. The number of carbonyl (C=O) groups is 2. The van der Waals surface area contributed by atoms with Crippen molar-refractivity contribution in [2.75, 3.05) is 11.9 Å². The Morgan fingerprint density at radius 3 is 2.61 bits per heavy atom. The van der Waals surface area contributed by atoms with Crippen molar-refractivity contribution in [3.05, 3.63) is 68.2 Å². The molecule has 28 heavy (non-hydrogen) atoms. The summed E-state index contributed by atoms with van der Waals surface area (Å²) in [6, 6.07) is 8.85. The van der Waals surface area contributed by atoms with Crippen LogP contribution in [0.3, 0.4) is 0 Å². The molecule has 3 aromatic rings. The van der Waals surface area contributed by atoms with E-state index in [4.69, 9.17) is 16.3 Å². The molecule has 5 nitrogen and oxygen atoms in total. The number of ether oxygens (including phenoxy) is 1. The number of benzene rings is 1. The monoisotopic (exact) mass is 478 g/mol. The van der Waals surface area contributed by atoms with E-state index in [1.807, 2.05) is 19.1 Å². The van der Waals surface area contributed by atoms with Crippen LogP contribution in [0, 0.1) is 6.92 Å². The third-order valence-corrected chi connectivity index (χ3v) is 5.60. The highest BCUT2D eigenvalue weighted by Gasteiger charge is 2.25. The number of aryl methyl sites for hydroxylation is 1. The summed E-state index contributed by atoms with van der Waals surface area (Å²) in [5, 5.41) is 3.87. The van der Waals surface area contributed by atoms with Gasteiger partial charge in [0.25, 0.3) is 5.91 Å². The number of pyridine rings is 1. The summed E-state index contributed by atoms with van der Waals surface area (Å²) in [4.78, 5) is 30.3. The fraction of sp³-hybridized carbons (Fsp3) is 0.150. The molecule has 0 saturated carbocycles. The summed E-state index contributed by atoms with van der Waals surface area (Å²) >= 11 is 10.6. The van der Waals surface area contributed by atoms with Gasteiger partial charge in [-0.1, -0.05) is 23.7 Å². The third kappa shape index (κ3) is 4.43. The highest BCUT2D eigenvalue weighted by molar-refractivity contribution is 9.10. The number of aromatic nitrogens is 1. The zero-order chi connectivity index (χ0) is 20.3. The second kappa shape index (κ2) is 8.86. The van der Waals surface area contributed by atoms with E-state index in [9.17, 15) is 9.59 Å². The molecule has 144 valence electrons. The maximum Gasteiger partial charge on any atom is 0.341 e. The molecule has 0 aliphatic heterocycles. The standard InChI is InChI=1S/C20H16BrClN2O3S/c1-3-27-20(26)17-16(12-4-6-15(22)7-5-12)11(2)28-19(17)24-18(25)13-8-14(21)10-23-9-13/h4-10H,3H2,1-2H3,(H,24,25). The van der Waals surface area contributed by atoms with Crippen molar-refractivity contribution in [3.63, 3.8) is 0 Å². The molecule has 1 N–H and O–H groups in total. The Bertz CT molecular complexity index is 1030. The molecule has 1 aromatic carbocycles. The predicted molar refractivity (Wildman–Crippen MR) is 115 cm³/mol. The van der Waals surface area contributed by atoms with E-state index >= 15 is 0 Å². The largest absolute Gasteiger partial charge is 0.462 e. The van der Waals surface area contributed by atoms with E-state index in [1.54, 1.807) is 31.3 Å². The Balaban J connectivity index is 2.05. The lowest BCUT2D eigenvalue weighted by molar-refractivity contribution is 0.0529. The molecule has 0 saturated heterocycles. The molecular weight excluding hydrogens is 464 g/mol. The van der Waals surface area contributed by atoms with Crippen LogP contribution in [0.5, 0.6) is 0 Å². The van der Waals surface area contributed by atoms with Crippen LogP contribution in [-0.2, 0) is 4.74 Å². The zero-order valence-corrected chi connectivity index (χ0v) is 18.2. The molecule has 0 bridgehead atoms. The summed E-state index contributed by atoms with van der Waals surface area (Å²) in [6.07, 6.45) is 3.06. The maximum atomic E-state index is 12.7. The molecule has 0 aliphatic carbocycles. The molecule has 0 radical (unpaired) electrons. The number of hydrogen-bond acceptors (Lipinski definition) is 5. The van der Waals surface area contributed by atoms with Crippen molar-refractivity contribution in [2.45, 2.75) is 13.8 Å². The van der Waals surface area contributed by atoms with Crippen molar-refractivity contribution < 1.29 is 14.3 Å². The van der Waals surface area contributed by atoms with Gasteiger partial charge in [0.1, 0.15) is 10.6 Å². The van der Waals surface area contributed by atoms with Crippen molar-refractivity contribution in [2.24, 2.45) is 0 Å². The average molecular weight is 480 g/mol. The predicted octanol–water partition coefficient (Wildman–Crippen LogP) is 5.96. The summed E-state index contributed by atoms with van der Waals surface area (Å²) < 4.78 is 5.93. The van der Waals surface area contributed by atoms with Crippen molar-refractivity contribution >= 4 is 55.7 Å². The Kier molecular flexibility index (Phi) is 6.49. The van der Waals surface area contributed by atoms with Crippen LogP contribution >= 0.6 is 38.9 Å². The molecule has 0 fully saturated rings. The molecule has 0 spiro atoms. The molecule has 8 heteroatoms. The Morgan fingerprint density at radius 2 is 1.96 bits per heavy atom. The minimum Gasteiger partial charge on any atom is -0.462 e. The lowest BCUT2D eigenvalue weighted by Gasteiger charge is -2.09. The highest BCUT2D eigenvalue weighted by atomic mass is 79.9. The first kappa shape index (κ1) is 20.5. The summed E-state index contributed by atoms with van der Waals surface area (Å²) in [5.41, 5.74) is 2.26. The highest BCUT2D eigenvalue weighted by Crippen LogP contribution is 2.40. The normalized spacial score (nSPS) is 10.6. The number of halogens is 2. The SMILES string of the molecule is CCOC(=O)c1c(NC(=O)c2cncc(Br)c2)sc(C)c1-c1ccc(Cl)cc1. The summed E-state index contributed by atoms with van der Waals surface area (Å²) in [6.45, 7) is 3.87. The second-order valence-corrected chi connectivity index (χ2v) is 8.39. The van der Waals surface area contributed by atoms with Gasteiger partial charge in [-0.2, -0.15) is 0 Å². The topological polar surface area (TPSA) is 68.3 Å². The lowest BCUT2D eigenvalue weighted by Crippen LogP contribution is -2.15. The summed E-state index contributed by atoms with van der Waals surface area (Å²) in [5.74, 6) is -0.845. The van der Waals surface area contributed by atoms with Gasteiger partial charge in [-0.25, -0.2) is 4.79 Å². The van der Waals surface area contributed by atoms with Crippen molar-refractivity contribution in [3.8, 4) is 11.1 Å². The third-order valence-electron chi connectivity index (χ3n) is 3.89. The minimum atomic E-state index is -0.487. The average Bonchev–Trinajstić information content (AvgIpc) is 2.98. The van der Waals surface area contributed by atoms with E-state index in [-0.39, 0.29) is 12.5 Å². The molecule has 1 amide bonds. The van der Waals surface area contributed by atoms with Crippen LogP contribution in [0.15, 0.2) is 47.2 Å². The van der Waals surface area contributed by atoms with E-state index in [2.05, 4.69) is 26.2 Å². The first-order chi connectivity index (χ1) is 13.4. The molecule has 0 aliphatic rings. The molecule has 3 rings (SSSR count). The van der Waals surface area contributed by atoms with Gasteiger partial charge in [0.05, 0.1) is 12.2 Å². The fourth-order valence-electron chi connectivity index (χ4n) is 2.71. The van der Waals surface area contributed by atoms with Crippen LogP contribution in [-0.4, -0.2) is 23.5 Å². The fourth-order valence-corrected chi connectivity index (χ4v) is 4.26. The van der Waals surface area contributed by atoms with Crippen LogP contribution in [0.1, 0.15) is 32.5 Å². The van der Waals surface area contributed by atoms with Gasteiger partial charge >= 0.3 is 5.97 Å². The maximum absolute atomic E-state index is 12.7. The van der Waals surface area contributed by atoms with Crippen LogP contribution in [0.2, 0.25) is 5.02 Å². The number of nitrogens with zero attached hydrogens (tertiary/aromatic N) is 1. The minimum absolute atomic E-state index is 0.233. The number of hydrogen-bond donors (Lipinski definition) is 1. The van der Waals surface area contributed by atoms with E-state index in [0.29, 0.717) is 25.6 Å². The van der Waals surface area contributed by atoms with Crippen LogP contribution in [0.4, 0.5) is 5.00 Å². The molecule has 0 unspecified atom stereocenters. The number of carbonyl (C=O) groups excluding carboxylic acids is 2. The Hall–Kier alpha value is -2.22. The molecule has 2 aromatic heterocycles. The smallest absolute Gasteiger partial charge is 0.341 e. The van der Waals surface area contributed by atoms with Gasteiger partial charge < -0.3 is 10.1 Å².